The Bertz CT molecular complexity index is 1200. The van der Waals surface area contributed by atoms with Gasteiger partial charge in [0.05, 0.1) is 18.5 Å². The van der Waals surface area contributed by atoms with Crippen molar-refractivity contribution < 1.29 is 13.9 Å². The fourth-order valence-electron chi connectivity index (χ4n) is 2.79. The first kappa shape index (κ1) is 21.6. The van der Waals surface area contributed by atoms with Crippen LogP contribution in [0.4, 0.5) is 5.69 Å². The molecule has 0 amide bonds. The second-order valence-electron chi connectivity index (χ2n) is 6.73. The van der Waals surface area contributed by atoms with E-state index >= 15 is 0 Å². The molecule has 0 aliphatic carbocycles. The van der Waals surface area contributed by atoms with E-state index in [-0.39, 0.29) is 29.2 Å². The average molecular weight is 414 g/mol. The summed E-state index contributed by atoms with van der Waals surface area (Å²) in [7, 11) is 3.54. The van der Waals surface area contributed by atoms with Crippen molar-refractivity contribution in [1.82, 2.24) is 4.90 Å². The molecule has 31 heavy (non-hydrogen) atoms. The molecule has 0 aliphatic rings. The number of benzene rings is 2. The summed E-state index contributed by atoms with van der Waals surface area (Å²) >= 11 is 0. The first-order valence-corrected chi connectivity index (χ1v) is 9.72. The van der Waals surface area contributed by atoms with Gasteiger partial charge in [0, 0.05) is 25.2 Å². The van der Waals surface area contributed by atoms with Crippen LogP contribution in [0.5, 0.6) is 0 Å². The van der Waals surface area contributed by atoms with Gasteiger partial charge in [-0.25, -0.2) is 14.6 Å². The van der Waals surface area contributed by atoms with Crippen LogP contribution in [0.15, 0.2) is 74.9 Å². The summed E-state index contributed by atoms with van der Waals surface area (Å²) in [4.78, 5) is 31.7. The van der Waals surface area contributed by atoms with E-state index in [0.29, 0.717) is 5.56 Å². The molecule has 0 atom stereocenters. The summed E-state index contributed by atoms with van der Waals surface area (Å²) < 4.78 is 10.8. The first-order chi connectivity index (χ1) is 15.0. The molecule has 156 valence electrons. The lowest BCUT2D eigenvalue weighted by Crippen LogP contribution is -2.15. The van der Waals surface area contributed by atoms with Crippen molar-refractivity contribution in [3.63, 3.8) is 0 Å². The Hall–Kier alpha value is -4.11. The lowest BCUT2D eigenvalue weighted by Gasteiger charge is -2.12. The van der Waals surface area contributed by atoms with E-state index in [1.165, 1.54) is 6.34 Å². The van der Waals surface area contributed by atoms with Crippen LogP contribution >= 0.6 is 0 Å². The van der Waals surface area contributed by atoms with Gasteiger partial charge in [0.25, 0.3) is 0 Å². The van der Waals surface area contributed by atoms with Gasteiger partial charge in [-0.2, -0.15) is 0 Å². The Labute approximate surface area is 180 Å². The lowest BCUT2D eigenvalue weighted by atomic mass is 10.0. The molecule has 3 rings (SSSR count). The summed E-state index contributed by atoms with van der Waals surface area (Å²) in [6, 6.07) is 18.2. The van der Waals surface area contributed by atoms with Crippen LogP contribution in [0.1, 0.15) is 28.4 Å². The normalized spacial score (nSPS) is 10.4. The predicted molar refractivity (Wildman–Crippen MR) is 121 cm³/mol. The summed E-state index contributed by atoms with van der Waals surface area (Å²) in [6.07, 6.45) is 1.46. The van der Waals surface area contributed by atoms with Gasteiger partial charge >= 0.3 is 11.6 Å². The predicted octanol–water partition coefficient (Wildman–Crippen LogP) is 4.10. The molecule has 0 saturated carbocycles. The highest BCUT2D eigenvalue weighted by Crippen LogP contribution is 2.30. The average Bonchev–Trinajstić information content (AvgIpc) is 2.77. The third-order valence-electron chi connectivity index (χ3n) is 4.14. The van der Waals surface area contributed by atoms with Gasteiger partial charge in [-0.15, -0.1) is 0 Å². The smallest absolute Gasteiger partial charge is 0.363 e. The number of carbonyl (C=O) groups is 1. The van der Waals surface area contributed by atoms with Crippen molar-refractivity contribution in [3.8, 4) is 23.2 Å². The minimum atomic E-state index is -0.692. The number of hydrogen-bond acceptors (Lipinski definition) is 5. The van der Waals surface area contributed by atoms with Crippen LogP contribution in [0.3, 0.4) is 0 Å². The highest BCUT2D eigenvalue weighted by molar-refractivity contribution is 6.00. The molecule has 1 heterocycles. The number of rotatable bonds is 5. The molecule has 0 N–H and O–H groups in total. The van der Waals surface area contributed by atoms with Crippen LogP contribution in [-0.4, -0.2) is 37.9 Å². The van der Waals surface area contributed by atoms with E-state index in [9.17, 15) is 9.59 Å². The molecule has 0 spiro atoms. The maximum atomic E-state index is 13.0. The summed E-state index contributed by atoms with van der Waals surface area (Å²) in [5.74, 6) is 5.44. The standard InChI is InChI=1S/C25H22N2O4/c1-4-30-24(28)21-20(16-15-18-11-7-5-8-12-18)22(26-17-27(2)3)25(29)31-23(21)19-13-9-6-10-14-19/h5-14,17H,4H2,1-3H3. The molecule has 0 fully saturated rings. The summed E-state index contributed by atoms with van der Waals surface area (Å²) in [5.41, 5.74) is 0.780. The number of ether oxygens (including phenoxy) is 1. The second kappa shape index (κ2) is 10.1. The van der Waals surface area contributed by atoms with E-state index in [1.54, 1.807) is 50.2 Å². The fourth-order valence-corrected chi connectivity index (χ4v) is 2.79. The zero-order valence-corrected chi connectivity index (χ0v) is 17.6. The molecule has 0 radical (unpaired) electrons. The van der Waals surface area contributed by atoms with Crippen molar-refractivity contribution in [2.24, 2.45) is 4.99 Å². The molecular formula is C25H22N2O4. The number of aliphatic imine (C=N–C) groups is 1. The van der Waals surface area contributed by atoms with Crippen LogP contribution in [0.25, 0.3) is 11.3 Å². The van der Waals surface area contributed by atoms with Gasteiger partial charge in [0.15, 0.2) is 11.4 Å². The molecule has 0 aliphatic heterocycles. The number of hydrogen-bond donors (Lipinski definition) is 0. The number of esters is 1. The number of nitrogens with zero attached hydrogens (tertiary/aromatic N) is 2. The van der Waals surface area contributed by atoms with Crippen molar-refractivity contribution in [2.75, 3.05) is 20.7 Å². The van der Waals surface area contributed by atoms with Crippen molar-refractivity contribution in [2.45, 2.75) is 6.92 Å². The second-order valence-corrected chi connectivity index (χ2v) is 6.73. The monoisotopic (exact) mass is 414 g/mol. The largest absolute Gasteiger partial charge is 0.462 e. The minimum absolute atomic E-state index is 0.0557. The van der Waals surface area contributed by atoms with Gasteiger partial charge in [-0.3, -0.25) is 0 Å². The molecule has 0 saturated heterocycles. The first-order valence-electron chi connectivity index (χ1n) is 9.72. The number of carbonyl (C=O) groups excluding carboxylic acids is 1. The maximum absolute atomic E-state index is 13.0. The third kappa shape index (κ3) is 5.28. The third-order valence-corrected chi connectivity index (χ3v) is 4.14. The molecule has 0 unspecified atom stereocenters. The van der Waals surface area contributed by atoms with E-state index in [4.69, 9.17) is 9.15 Å². The van der Waals surface area contributed by atoms with Crippen LogP contribution in [0, 0.1) is 11.8 Å². The van der Waals surface area contributed by atoms with E-state index in [2.05, 4.69) is 16.8 Å². The Morgan fingerprint density at radius 1 is 1.06 bits per heavy atom. The van der Waals surface area contributed by atoms with E-state index in [0.717, 1.165) is 5.56 Å². The van der Waals surface area contributed by atoms with Gasteiger partial charge in [0.2, 0.25) is 0 Å². The van der Waals surface area contributed by atoms with Crippen molar-refractivity contribution in [1.29, 1.82) is 0 Å². The quantitative estimate of drug-likeness (QED) is 0.272. The molecular weight excluding hydrogens is 392 g/mol. The van der Waals surface area contributed by atoms with E-state index in [1.807, 2.05) is 36.4 Å². The Morgan fingerprint density at radius 2 is 1.71 bits per heavy atom. The molecule has 1 aromatic heterocycles. The van der Waals surface area contributed by atoms with Crippen LogP contribution in [0.2, 0.25) is 0 Å². The van der Waals surface area contributed by atoms with Crippen LogP contribution in [-0.2, 0) is 4.74 Å². The Kier molecular flexibility index (Phi) is 7.02. The lowest BCUT2D eigenvalue weighted by molar-refractivity contribution is 0.0524. The van der Waals surface area contributed by atoms with Gasteiger partial charge in [-0.05, 0) is 19.1 Å². The Morgan fingerprint density at radius 3 is 2.32 bits per heavy atom. The highest BCUT2D eigenvalue weighted by Gasteiger charge is 2.26. The maximum Gasteiger partial charge on any atom is 0.363 e. The summed E-state index contributed by atoms with van der Waals surface area (Å²) in [5, 5.41) is 0. The zero-order chi connectivity index (χ0) is 22.2. The minimum Gasteiger partial charge on any atom is -0.462 e. The molecule has 3 aromatic rings. The molecule has 6 nitrogen and oxygen atoms in total. The summed E-state index contributed by atoms with van der Waals surface area (Å²) in [6.45, 7) is 1.87. The van der Waals surface area contributed by atoms with Gasteiger partial charge in [0.1, 0.15) is 5.56 Å². The topological polar surface area (TPSA) is 72.1 Å². The molecule has 2 aromatic carbocycles. The van der Waals surface area contributed by atoms with Gasteiger partial charge in [-0.1, -0.05) is 60.4 Å². The Balaban J connectivity index is 2.36. The highest BCUT2D eigenvalue weighted by atomic mass is 16.5. The SMILES string of the molecule is CCOC(=O)c1c(-c2ccccc2)oc(=O)c(N=CN(C)C)c1C#Cc1ccccc1. The van der Waals surface area contributed by atoms with E-state index < -0.39 is 11.6 Å². The molecule has 6 heteroatoms. The fraction of sp³-hybridized carbons (Fsp3) is 0.160. The van der Waals surface area contributed by atoms with Gasteiger partial charge < -0.3 is 14.1 Å². The van der Waals surface area contributed by atoms with Crippen molar-refractivity contribution >= 4 is 18.0 Å². The molecule has 0 bridgehead atoms. The van der Waals surface area contributed by atoms with Crippen LogP contribution < -0.4 is 5.63 Å². The zero-order valence-electron chi connectivity index (χ0n) is 17.6. The van der Waals surface area contributed by atoms with Crippen molar-refractivity contribution in [3.05, 3.63) is 87.8 Å².